The van der Waals surface area contributed by atoms with Gasteiger partial charge in [-0.25, -0.2) is 9.37 Å². The maximum absolute atomic E-state index is 13.0. The van der Waals surface area contributed by atoms with Crippen LogP contribution in [0, 0.1) is 5.82 Å². The number of nitrogens with one attached hydrogen (secondary N) is 1. The molecule has 3 N–H and O–H groups in total. The Bertz CT molecular complexity index is 863. The maximum atomic E-state index is 13.0. The van der Waals surface area contributed by atoms with Gasteiger partial charge in [-0.3, -0.25) is 4.79 Å². The quantitative estimate of drug-likeness (QED) is 0.693. The van der Waals surface area contributed by atoms with E-state index in [1.165, 1.54) is 17.4 Å². The Labute approximate surface area is 128 Å². The van der Waals surface area contributed by atoms with E-state index in [0.717, 1.165) is 22.3 Å². The Hall–Kier alpha value is -2.67. The van der Waals surface area contributed by atoms with E-state index in [1.807, 2.05) is 0 Å². The lowest BCUT2D eigenvalue weighted by Crippen LogP contribution is -2.22. The van der Waals surface area contributed by atoms with Crippen LogP contribution in [0.5, 0.6) is 11.5 Å². The minimum absolute atomic E-state index is 0.161. The number of thiazole rings is 1. The summed E-state index contributed by atoms with van der Waals surface area (Å²) >= 11 is 1.36. The summed E-state index contributed by atoms with van der Waals surface area (Å²) in [4.78, 5) is 16.3. The Morgan fingerprint density at radius 1 is 1.23 bits per heavy atom. The van der Waals surface area contributed by atoms with Gasteiger partial charge in [-0.05, 0) is 36.4 Å². The molecule has 0 aliphatic rings. The van der Waals surface area contributed by atoms with E-state index < -0.39 is 17.5 Å². The van der Waals surface area contributed by atoms with Crippen LogP contribution in [0.15, 0.2) is 36.4 Å². The molecule has 0 unspecified atom stereocenters. The van der Waals surface area contributed by atoms with Gasteiger partial charge < -0.3 is 15.5 Å². The first-order chi connectivity index (χ1) is 10.5. The van der Waals surface area contributed by atoms with Crippen molar-refractivity contribution < 1.29 is 19.4 Å². The molecule has 0 atom stereocenters. The minimum atomic E-state index is -0.775. The molecule has 112 valence electrons. The number of fused-ring (bicyclic) bond motifs is 1. The van der Waals surface area contributed by atoms with Crippen LogP contribution in [-0.2, 0) is 6.54 Å². The lowest BCUT2D eigenvalue weighted by molar-refractivity contribution is 0.0950. The first kappa shape index (κ1) is 14.3. The normalized spacial score (nSPS) is 10.8. The third-order valence-electron chi connectivity index (χ3n) is 3.02. The first-order valence-corrected chi connectivity index (χ1v) is 7.20. The maximum Gasteiger partial charge on any atom is 0.251 e. The molecule has 1 heterocycles. The number of aromatic nitrogens is 1. The predicted molar refractivity (Wildman–Crippen MR) is 80.5 cm³/mol. The van der Waals surface area contributed by atoms with Crippen LogP contribution in [0.4, 0.5) is 4.39 Å². The van der Waals surface area contributed by atoms with E-state index in [9.17, 15) is 19.4 Å². The third kappa shape index (κ3) is 2.84. The van der Waals surface area contributed by atoms with Gasteiger partial charge in [0.25, 0.3) is 5.91 Å². The largest absolute Gasteiger partial charge is 0.508 e. The molecular formula is C15H11FN2O3S. The molecule has 22 heavy (non-hydrogen) atoms. The topological polar surface area (TPSA) is 82.5 Å². The molecule has 3 rings (SSSR count). The summed E-state index contributed by atoms with van der Waals surface area (Å²) in [6.07, 6.45) is 0. The van der Waals surface area contributed by atoms with Gasteiger partial charge in [-0.2, -0.15) is 0 Å². The lowest BCUT2D eigenvalue weighted by atomic mass is 10.2. The predicted octanol–water partition coefficient (Wildman–Crippen LogP) is 2.78. The van der Waals surface area contributed by atoms with E-state index in [2.05, 4.69) is 10.3 Å². The molecule has 0 saturated heterocycles. The SMILES string of the molecule is O=C(NCc1nc2ccc(O)cc2s1)c1ccc(F)c(O)c1. The molecule has 0 radical (unpaired) electrons. The number of carbonyl (C=O) groups excluding carboxylic acids is 1. The van der Waals surface area contributed by atoms with E-state index >= 15 is 0 Å². The van der Waals surface area contributed by atoms with Crippen LogP contribution in [-0.4, -0.2) is 21.1 Å². The van der Waals surface area contributed by atoms with Crippen molar-refractivity contribution in [1.29, 1.82) is 0 Å². The number of phenolic OH excluding ortho intramolecular Hbond substituents is 2. The highest BCUT2D eigenvalue weighted by atomic mass is 32.1. The van der Waals surface area contributed by atoms with Crippen LogP contribution in [0.2, 0.25) is 0 Å². The standard InChI is InChI=1S/C15H11FN2O3S/c16-10-3-1-8(5-12(10)20)15(21)17-7-14-18-11-4-2-9(19)6-13(11)22-14/h1-6,19-20H,7H2,(H,17,21). The fourth-order valence-electron chi connectivity index (χ4n) is 1.95. The van der Waals surface area contributed by atoms with Crippen molar-refractivity contribution in [3.8, 4) is 11.5 Å². The second kappa shape index (κ2) is 5.61. The number of rotatable bonds is 3. The first-order valence-electron chi connectivity index (χ1n) is 6.38. The summed E-state index contributed by atoms with van der Waals surface area (Å²) < 4.78 is 13.8. The van der Waals surface area contributed by atoms with Crippen molar-refractivity contribution >= 4 is 27.5 Å². The number of benzene rings is 2. The molecule has 0 saturated carbocycles. The van der Waals surface area contributed by atoms with Crippen LogP contribution in [0.1, 0.15) is 15.4 Å². The molecule has 2 aromatic carbocycles. The smallest absolute Gasteiger partial charge is 0.251 e. The Morgan fingerprint density at radius 2 is 2.05 bits per heavy atom. The van der Waals surface area contributed by atoms with Gasteiger partial charge in [-0.15, -0.1) is 11.3 Å². The molecule has 0 spiro atoms. The summed E-state index contributed by atoms with van der Waals surface area (Å²) in [6, 6.07) is 8.25. The van der Waals surface area contributed by atoms with Gasteiger partial charge in [0.15, 0.2) is 11.6 Å². The van der Waals surface area contributed by atoms with Crippen LogP contribution in [0.25, 0.3) is 10.2 Å². The monoisotopic (exact) mass is 318 g/mol. The Balaban J connectivity index is 1.72. The molecule has 5 nitrogen and oxygen atoms in total. The van der Waals surface area contributed by atoms with E-state index in [4.69, 9.17) is 0 Å². The highest BCUT2D eigenvalue weighted by molar-refractivity contribution is 7.18. The molecule has 0 aliphatic heterocycles. The fourth-order valence-corrected chi connectivity index (χ4v) is 2.89. The average Bonchev–Trinajstić information content (AvgIpc) is 2.89. The van der Waals surface area contributed by atoms with Gasteiger partial charge in [-0.1, -0.05) is 0 Å². The molecular weight excluding hydrogens is 307 g/mol. The van der Waals surface area contributed by atoms with Gasteiger partial charge in [0.2, 0.25) is 0 Å². The van der Waals surface area contributed by atoms with E-state index in [0.29, 0.717) is 5.01 Å². The van der Waals surface area contributed by atoms with Gasteiger partial charge in [0.1, 0.15) is 10.8 Å². The molecule has 0 bridgehead atoms. The summed E-state index contributed by atoms with van der Waals surface area (Å²) in [5.41, 5.74) is 0.907. The van der Waals surface area contributed by atoms with E-state index in [1.54, 1.807) is 18.2 Å². The van der Waals surface area contributed by atoms with E-state index in [-0.39, 0.29) is 17.9 Å². The summed E-state index contributed by atoms with van der Waals surface area (Å²) in [7, 11) is 0. The minimum Gasteiger partial charge on any atom is -0.508 e. The highest BCUT2D eigenvalue weighted by Crippen LogP contribution is 2.25. The number of amides is 1. The molecule has 0 fully saturated rings. The molecule has 7 heteroatoms. The zero-order valence-corrected chi connectivity index (χ0v) is 12.0. The Morgan fingerprint density at radius 3 is 2.82 bits per heavy atom. The van der Waals surface area contributed by atoms with Crippen LogP contribution in [0.3, 0.4) is 0 Å². The highest BCUT2D eigenvalue weighted by Gasteiger charge is 2.10. The zero-order chi connectivity index (χ0) is 15.7. The molecule has 3 aromatic rings. The van der Waals surface area contributed by atoms with Crippen LogP contribution < -0.4 is 5.32 Å². The number of aromatic hydroxyl groups is 2. The second-order valence-electron chi connectivity index (χ2n) is 4.61. The van der Waals surface area contributed by atoms with Crippen molar-refractivity contribution in [1.82, 2.24) is 10.3 Å². The number of phenols is 2. The third-order valence-corrected chi connectivity index (χ3v) is 4.04. The summed E-state index contributed by atoms with van der Waals surface area (Å²) in [5.74, 6) is -1.61. The lowest BCUT2D eigenvalue weighted by Gasteiger charge is -2.04. The number of nitrogens with zero attached hydrogens (tertiary/aromatic N) is 1. The van der Waals surface area contributed by atoms with Crippen molar-refractivity contribution in [2.75, 3.05) is 0 Å². The molecule has 1 amide bonds. The average molecular weight is 318 g/mol. The van der Waals surface area contributed by atoms with Gasteiger partial charge in [0.05, 0.1) is 16.8 Å². The zero-order valence-electron chi connectivity index (χ0n) is 11.2. The van der Waals surface area contributed by atoms with Crippen LogP contribution >= 0.6 is 11.3 Å². The molecule has 1 aromatic heterocycles. The van der Waals surface area contributed by atoms with Crippen molar-refractivity contribution in [3.63, 3.8) is 0 Å². The van der Waals surface area contributed by atoms with Gasteiger partial charge in [0, 0.05) is 5.56 Å². The van der Waals surface area contributed by atoms with Crippen molar-refractivity contribution in [2.24, 2.45) is 0 Å². The second-order valence-corrected chi connectivity index (χ2v) is 5.72. The van der Waals surface area contributed by atoms with Crippen molar-refractivity contribution in [2.45, 2.75) is 6.54 Å². The summed E-state index contributed by atoms with van der Waals surface area (Å²) in [5, 5.41) is 22.0. The van der Waals surface area contributed by atoms with Crippen molar-refractivity contribution in [3.05, 3.63) is 52.8 Å². The fraction of sp³-hybridized carbons (Fsp3) is 0.0667. The number of hydrogen-bond donors (Lipinski definition) is 3. The summed E-state index contributed by atoms with van der Waals surface area (Å²) in [6.45, 7) is 0.205. The number of hydrogen-bond acceptors (Lipinski definition) is 5. The Kier molecular flexibility index (Phi) is 3.64. The number of halogens is 1. The number of carbonyl (C=O) groups is 1. The van der Waals surface area contributed by atoms with Gasteiger partial charge >= 0.3 is 0 Å². The molecule has 0 aliphatic carbocycles.